The number of aromatic nitrogens is 2. The monoisotopic (exact) mass is 167 g/mol. The van der Waals surface area contributed by atoms with E-state index in [0.29, 0.717) is 24.7 Å². The van der Waals surface area contributed by atoms with Gasteiger partial charge in [0.15, 0.2) is 12.1 Å². The molecule has 0 saturated carbocycles. The molecule has 0 saturated heterocycles. The van der Waals surface area contributed by atoms with E-state index in [9.17, 15) is 9.59 Å². The number of carbonyl (C=O) groups is 2. The minimum Gasteiger partial charge on any atom is -0.340 e. The highest BCUT2D eigenvalue weighted by atomic mass is 16.1. The Bertz CT molecular complexity index is 282. The van der Waals surface area contributed by atoms with Crippen molar-refractivity contribution in [2.75, 3.05) is 0 Å². The summed E-state index contributed by atoms with van der Waals surface area (Å²) in [6.07, 6.45) is 3.13. The zero-order chi connectivity index (χ0) is 8.97. The van der Waals surface area contributed by atoms with Crippen molar-refractivity contribution in [2.24, 2.45) is 5.73 Å². The summed E-state index contributed by atoms with van der Waals surface area (Å²) in [6, 6.07) is -0.537. The van der Waals surface area contributed by atoms with Gasteiger partial charge in [-0.15, -0.1) is 0 Å². The van der Waals surface area contributed by atoms with Gasteiger partial charge < -0.3 is 15.5 Å². The van der Waals surface area contributed by atoms with Crippen LogP contribution in [0.5, 0.6) is 0 Å². The Morgan fingerprint density at radius 3 is 2.92 bits per heavy atom. The standard InChI is InChI=1S/C7H9N3O2/c8-5(3-11)1-6-2-9-7(4-12)10-6/h2-5H,1,8H2,(H,9,10)/t5-/m0/s1. The maximum Gasteiger partial charge on any atom is 0.185 e. The smallest absolute Gasteiger partial charge is 0.185 e. The molecular formula is C7H9N3O2. The van der Waals surface area contributed by atoms with Crippen LogP contribution in [0.15, 0.2) is 6.20 Å². The molecule has 5 nitrogen and oxygen atoms in total. The van der Waals surface area contributed by atoms with E-state index in [-0.39, 0.29) is 5.82 Å². The van der Waals surface area contributed by atoms with Gasteiger partial charge in [-0.05, 0) is 0 Å². The third kappa shape index (κ3) is 2.00. The predicted octanol–water partition coefficient (Wildman–Crippen LogP) is -0.709. The lowest BCUT2D eigenvalue weighted by Crippen LogP contribution is -2.24. The normalized spacial score (nSPS) is 12.4. The quantitative estimate of drug-likeness (QED) is 0.580. The predicted molar refractivity (Wildman–Crippen MR) is 41.7 cm³/mol. The van der Waals surface area contributed by atoms with Crippen LogP contribution in [0, 0.1) is 0 Å². The first-order valence-electron chi connectivity index (χ1n) is 3.46. The van der Waals surface area contributed by atoms with Crippen LogP contribution in [-0.2, 0) is 11.2 Å². The fraction of sp³-hybridized carbons (Fsp3) is 0.286. The van der Waals surface area contributed by atoms with Gasteiger partial charge in [0.25, 0.3) is 0 Å². The van der Waals surface area contributed by atoms with Gasteiger partial charge in [-0.25, -0.2) is 4.98 Å². The SMILES string of the molecule is N[C@H](C=O)Cc1cnc(C=O)[nH]1. The molecule has 1 atom stereocenters. The molecule has 5 heteroatoms. The lowest BCUT2D eigenvalue weighted by atomic mass is 10.2. The number of aldehydes is 2. The van der Waals surface area contributed by atoms with Gasteiger partial charge in [0.1, 0.15) is 6.29 Å². The molecule has 0 aliphatic carbocycles. The van der Waals surface area contributed by atoms with Gasteiger partial charge in [0, 0.05) is 18.3 Å². The van der Waals surface area contributed by atoms with Crippen molar-refractivity contribution in [3.8, 4) is 0 Å². The molecule has 0 bridgehead atoms. The average molecular weight is 167 g/mol. The minimum atomic E-state index is -0.537. The third-order valence-corrected chi connectivity index (χ3v) is 1.39. The summed E-state index contributed by atoms with van der Waals surface area (Å²) in [5.74, 6) is 0.253. The maximum absolute atomic E-state index is 10.2. The molecule has 0 unspecified atom stereocenters. The average Bonchev–Trinajstić information content (AvgIpc) is 2.52. The number of imidazole rings is 1. The molecule has 64 valence electrons. The van der Waals surface area contributed by atoms with E-state index in [4.69, 9.17) is 5.73 Å². The number of nitrogens with zero attached hydrogens (tertiary/aromatic N) is 1. The van der Waals surface area contributed by atoms with Crippen molar-refractivity contribution in [1.82, 2.24) is 9.97 Å². The summed E-state index contributed by atoms with van der Waals surface area (Å²) in [5.41, 5.74) is 6.04. The van der Waals surface area contributed by atoms with Gasteiger partial charge in [-0.1, -0.05) is 0 Å². The van der Waals surface area contributed by atoms with Crippen LogP contribution in [0.3, 0.4) is 0 Å². The van der Waals surface area contributed by atoms with E-state index < -0.39 is 6.04 Å². The van der Waals surface area contributed by atoms with Crippen LogP contribution < -0.4 is 5.73 Å². The van der Waals surface area contributed by atoms with Gasteiger partial charge in [0.05, 0.1) is 6.04 Å². The number of nitrogens with one attached hydrogen (secondary N) is 1. The van der Waals surface area contributed by atoms with Gasteiger partial charge >= 0.3 is 0 Å². The van der Waals surface area contributed by atoms with E-state index >= 15 is 0 Å². The fourth-order valence-corrected chi connectivity index (χ4v) is 0.842. The second-order valence-electron chi connectivity index (χ2n) is 2.42. The van der Waals surface area contributed by atoms with Gasteiger partial charge in [-0.3, -0.25) is 4.79 Å². The topological polar surface area (TPSA) is 88.8 Å². The van der Waals surface area contributed by atoms with Crippen LogP contribution in [0.4, 0.5) is 0 Å². The van der Waals surface area contributed by atoms with Crippen molar-refractivity contribution in [1.29, 1.82) is 0 Å². The lowest BCUT2D eigenvalue weighted by Gasteiger charge is -1.98. The highest BCUT2D eigenvalue weighted by Crippen LogP contribution is 1.97. The van der Waals surface area contributed by atoms with Crippen LogP contribution in [-0.4, -0.2) is 28.6 Å². The highest BCUT2D eigenvalue weighted by molar-refractivity contribution is 5.68. The molecule has 12 heavy (non-hydrogen) atoms. The number of hydrogen-bond acceptors (Lipinski definition) is 4. The second-order valence-corrected chi connectivity index (χ2v) is 2.42. The third-order valence-electron chi connectivity index (χ3n) is 1.39. The molecule has 0 amide bonds. The molecule has 0 fully saturated rings. The van der Waals surface area contributed by atoms with E-state index in [1.165, 1.54) is 6.20 Å². The number of hydrogen-bond donors (Lipinski definition) is 2. The fourth-order valence-electron chi connectivity index (χ4n) is 0.842. The van der Waals surface area contributed by atoms with Crippen molar-refractivity contribution < 1.29 is 9.59 Å². The Morgan fingerprint density at radius 1 is 1.67 bits per heavy atom. The van der Waals surface area contributed by atoms with E-state index in [2.05, 4.69) is 9.97 Å². The molecule has 0 aliphatic rings. The lowest BCUT2D eigenvalue weighted by molar-refractivity contribution is -0.108. The molecule has 1 aromatic rings. The molecule has 1 aromatic heterocycles. The number of rotatable bonds is 4. The van der Waals surface area contributed by atoms with E-state index in [1.807, 2.05) is 0 Å². The first-order chi connectivity index (χ1) is 5.76. The number of nitrogens with two attached hydrogens (primary N) is 1. The van der Waals surface area contributed by atoms with Crippen molar-refractivity contribution in [3.63, 3.8) is 0 Å². The maximum atomic E-state index is 10.2. The van der Waals surface area contributed by atoms with Gasteiger partial charge in [-0.2, -0.15) is 0 Å². The zero-order valence-electron chi connectivity index (χ0n) is 6.36. The molecule has 0 aliphatic heterocycles. The minimum absolute atomic E-state index is 0.253. The Morgan fingerprint density at radius 2 is 2.42 bits per heavy atom. The Kier molecular flexibility index (Phi) is 2.71. The summed E-state index contributed by atoms with van der Waals surface area (Å²) in [6.45, 7) is 0. The summed E-state index contributed by atoms with van der Waals surface area (Å²) in [5, 5.41) is 0. The number of carbonyl (C=O) groups excluding carboxylic acids is 2. The van der Waals surface area contributed by atoms with Crippen molar-refractivity contribution in [2.45, 2.75) is 12.5 Å². The van der Waals surface area contributed by atoms with Crippen LogP contribution in [0.2, 0.25) is 0 Å². The van der Waals surface area contributed by atoms with Crippen LogP contribution in [0.25, 0.3) is 0 Å². The molecule has 1 heterocycles. The zero-order valence-corrected chi connectivity index (χ0v) is 6.36. The first-order valence-corrected chi connectivity index (χ1v) is 3.46. The summed E-state index contributed by atoms with van der Waals surface area (Å²) < 4.78 is 0. The summed E-state index contributed by atoms with van der Waals surface area (Å²) in [7, 11) is 0. The molecule has 0 spiro atoms. The largest absolute Gasteiger partial charge is 0.340 e. The molecule has 0 aromatic carbocycles. The number of aromatic amines is 1. The van der Waals surface area contributed by atoms with Crippen LogP contribution >= 0.6 is 0 Å². The Labute approximate surface area is 69.0 Å². The summed E-state index contributed by atoms with van der Waals surface area (Å²) in [4.78, 5) is 26.8. The molecule has 0 radical (unpaired) electrons. The van der Waals surface area contributed by atoms with Crippen LogP contribution in [0.1, 0.15) is 16.3 Å². The molecular weight excluding hydrogens is 158 g/mol. The van der Waals surface area contributed by atoms with Gasteiger partial charge in [0.2, 0.25) is 0 Å². The molecule has 3 N–H and O–H groups in total. The summed E-state index contributed by atoms with van der Waals surface area (Å²) >= 11 is 0. The second kappa shape index (κ2) is 3.77. The Balaban J connectivity index is 2.63. The van der Waals surface area contributed by atoms with Crippen molar-refractivity contribution >= 4 is 12.6 Å². The van der Waals surface area contributed by atoms with E-state index in [1.54, 1.807) is 0 Å². The number of H-pyrrole nitrogens is 1. The Hall–Kier alpha value is -1.49. The van der Waals surface area contributed by atoms with Crippen molar-refractivity contribution in [3.05, 3.63) is 17.7 Å². The molecule has 1 rings (SSSR count). The van der Waals surface area contributed by atoms with E-state index in [0.717, 1.165) is 0 Å². The highest BCUT2D eigenvalue weighted by Gasteiger charge is 2.04. The first kappa shape index (κ1) is 8.61.